The van der Waals surface area contributed by atoms with Crippen molar-refractivity contribution in [3.8, 4) is 0 Å². The summed E-state index contributed by atoms with van der Waals surface area (Å²) in [6.07, 6.45) is 2.10. The summed E-state index contributed by atoms with van der Waals surface area (Å²) < 4.78 is 13.6. The maximum atomic E-state index is 13.6. The highest BCUT2D eigenvalue weighted by Gasteiger charge is 2.08. The van der Waals surface area contributed by atoms with Crippen LogP contribution in [0.3, 0.4) is 0 Å². The van der Waals surface area contributed by atoms with Gasteiger partial charge >= 0.3 is 0 Å². The fraction of sp³-hybridized carbons (Fsp3) is 0.538. The average molecular weight is 240 g/mol. The summed E-state index contributed by atoms with van der Waals surface area (Å²) in [7, 11) is 0. The zero-order chi connectivity index (χ0) is 12.7. The molecule has 3 nitrogen and oxygen atoms in total. The Hall–Kier alpha value is -1.13. The Morgan fingerprint density at radius 3 is 2.65 bits per heavy atom. The van der Waals surface area contributed by atoms with Gasteiger partial charge in [-0.1, -0.05) is 19.4 Å². The number of anilines is 1. The molecular formula is C13H21FN2O. The van der Waals surface area contributed by atoms with Crippen LogP contribution in [0.4, 0.5) is 10.1 Å². The molecule has 0 fully saturated rings. The van der Waals surface area contributed by atoms with Crippen molar-refractivity contribution < 1.29 is 9.50 Å². The van der Waals surface area contributed by atoms with Crippen molar-refractivity contribution in [3.63, 3.8) is 0 Å². The molecule has 0 bridgehead atoms. The SMILES string of the molecule is CCCCN(CCO)c1ccc(CN)c(F)c1. The first-order valence-corrected chi connectivity index (χ1v) is 6.07. The molecule has 0 amide bonds. The van der Waals surface area contributed by atoms with Crippen LogP contribution < -0.4 is 10.6 Å². The van der Waals surface area contributed by atoms with Crippen LogP contribution >= 0.6 is 0 Å². The predicted molar refractivity (Wildman–Crippen MR) is 68.5 cm³/mol. The van der Waals surface area contributed by atoms with Crippen LogP contribution in [-0.2, 0) is 6.54 Å². The lowest BCUT2D eigenvalue weighted by atomic mass is 10.1. The molecule has 17 heavy (non-hydrogen) atoms. The Morgan fingerprint density at radius 2 is 2.12 bits per heavy atom. The van der Waals surface area contributed by atoms with Crippen molar-refractivity contribution in [3.05, 3.63) is 29.6 Å². The largest absolute Gasteiger partial charge is 0.395 e. The maximum Gasteiger partial charge on any atom is 0.129 e. The minimum absolute atomic E-state index is 0.0734. The number of rotatable bonds is 7. The number of hydrogen-bond donors (Lipinski definition) is 2. The normalized spacial score (nSPS) is 10.6. The number of nitrogens with zero attached hydrogens (tertiary/aromatic N) is 1. The van der Waals surface area contributed by atoms with Crippen LogP contribution in [-0.4, -0.2) is 24.8 Å². The van der Waals surface area contributed by atoms with Crippen LogP contribution in [0.15, 0.2) is 18.2 Å². The fourth-order valence-corrected chi connectivity index (χ4v) is 1.74. The summed E-state index contributed by atoms with van der Waals surface area (Å²) in [6, 6.07) is 5.06. The Labute approximate surface area is 102 Å². The van der Waals surface area contributed by atoms with Gasteiger partial charge in [0.25, 0.3) is 0 Å². The molecule has 4 heteroatoms. The van der Waals surface area contributed by atoms with Gasteiger partial charge in [0, 0.05) is 30.9 Å². The zero-order valence-corrected chi connectivity index (χ0v) is 10.3. The number of halogens is 1. The van der Waals surface area contributed by atoms with Crippen LogP contribution in [0.25, 0.3) is 0 Å². The van der Waals surface area contributed by atoms with Crippen molar-refractivity contribution in [2.45, 2.75) is 26.3 Å². The Morgan fingerprint density at radius 1 is 1.35 bits per heavy atom. The van der Waals surface area contributed by atoms with Crippen LogP contribution in [0.1, 0.15) is 25.3 Å². The van der Waals surface area contributed by atoms with Gasteiger partial charge < -0.3 is 15.7 Å². The standard InChI is InChI=1S/C13H21FN2O/c1-2-3-6-16(7-8-17)12-5-4-11(10-15)13(14)9-12/h4-5,9,17H,2-3,6-8,10,15H2,1H3. The van der Waals surface area contributed by atoms with Gasteiger partial charge in [-0.05, 0) is 18.6 Å². The molecule has 0 atom stereocenters. The van der Waals surface area contributed by atoms with E-state index >= 15 is 0 Å². The van der Waals surface area contributed by atoms with Gasteiger partial charge in [0.15, 0.2) is 0 Å². The van der Waals surface area contributed by atoms with E-state index < -0.39 is 0 Å². The molecule has 3 N–H and O–H groups in total. The number of aliphatic hydroxyl groups is 1. The summed E-state index contributed by atoms with van der Waals surface area (Å²) in [4.78, 5) is 1.99. The lowest BCUT2D eigenvalue weighted by Crippen LogP contribution is -2.27. The van der Waals surface area contributed by atoms with Crippen LogP contribution in [0, 0.1) is 5.82 Å². The van der Waals surface area contributed by atoms with Crippen molar-refractivity contribution in [1.29, 1.82) is 0 Å². The quantitative estimate of drug-likeness (QED) is 0.765. The summed E-state index contributed by atoms with van der Waals surface area (Å²) in [6.45, 7) is 3.75. The number of benzene rings is 1. The van der Waals surface area contributed by atoms with E-state index in [1.165, 1.54) is 6.07 Å². The first-order valence-electron chi connectivity index (χ1n) is 6.07. The highest BCUT2D eigenvalue weighted by molar-refractivity contribution is 5.48. The van der Waals surface area contributed by atoms with Gasteiger partial charge in [-0.2, -0.15) is 0 Å². The van der Waals surface area contributed by atoms with Gasteiger partial charge in [-0.25, -0.2) is 4.39 Å². The molecule has 0 unspecified atom stereocenters. The molecule has 0 aliphatic carbocycles. The molecule has 0 saturated carbocycles. The third-order valence-electron chi connectivity index (χ3n) is 2.77. The van der Waals surface area contributed by atoms with E-state index in [0.717, 1.165) is 25.1 Å². The molecule has 1 aromatic rings. The molecular weight excluding hydrogens is 219 g/mol. The van der Waals surface area contributed by atoms with E-state index in [9.17, 15) is 4.39 Å². The van der Waals surface area contributed by atoms with Gasteiger partial charge in [0.2, 0.25) is 0 Å². The molecule has 0 spiro atoms. The molecule has 0 heterocycles. The number of aliphatic hydroxyl groups excluding tert-OH is 1. The summed E-state index contributed by atoms with van der Waals surface area (Å²) in [5.74, 6) is -0.274. The smallest absolute Gasteiger partial charge is 0.129 e. The molecule has 1 rings (SSSR count). The molecule has 96 valence electrons. The van der Waals surface area contributed by atoms with Crippen molar-refractivity contribution in [2.24, 2.45) is 5.73 Å². The van der Waals surface area contributed by atoms with Gasteiger partial charge in [-0.3, -0.25) is 0 Å². The highest BCUT2D eigenvalue weighted by Crippen LogP contribution is 2.19. The topological polar surface area (TPSA) is 49.5 Å². The van der Waals surface area contributed by atoms with E-state index in [4.69, 9.17) is 10.8 Å². The molecule has 0 aromatic heterocycles. The van der Waals surface area contributed by atoms with Crippen LogP contribution in [0.5, 0.6) is 0 Å². The minimum Gasteiger partial charge on any atom is -0.395 e. The van der Waals surface area contributed by atoms with E-state index in [1.807, 2.05) is 11.0 Å². The fourth-order valence-electron chi connectivity index (χ4n) is 1.74. The van der Waals surface area contributed by atoms with E-state index in [2.05, 4.69) is 6.92 Å². The molecule has 0 aliphatic rings. The predicted octanol–water partition coefficient (Wildman–Crippen LogP) is 1.88. The monoisotopic (exact) mass is 240 g/mol. The number of nitrogens with two attached hydrogens (primary N) is 1. The van der Waals surface area contributed by atoms with Crippen LogP contribution in [0.2, 0.25) is 0 Å². The highest BCUT2D eigenvalue weighted by atomic mass is 19.1. The molecule has 1 aromatic carbocycles. The second-order valence-corrected chi connectivity index (χ2v) is 4.04. The summed E-state index contributed by atoms with van der Waals surface area (Å²) >= 11 is 0. The first-order chi connectivity index (χ1) is 8.22. The third-order valence-corrected chi connectivity index (χ3v) is 2.77. The third kappa shape index (κ3) is 3.98. The van der Waals surface area contributed by atoms with E-state index in [1.54, 1.807) is 6.07 Å². The molecule has 0 aliphatic heterocycles. The Kier molecular flexibility index (Phi) is 5.94. The van der Waals surface area contributed by atoms with Gasteiger partial charge in [-0.15, -0.1) is 0 Å². The summed E-state index contributed by atoms with van der Waals surface area (Å²) in [5, 5.41) is 9.01. The van der Waals surface area contributed by atoms with Gasteiger partial charge in [0.1, 0.15) is 5.82 Å². The lowest BCUT2D eigenvalue weighted by Gasteiger charge is -2.24. The Balaban J connectivity index is 2.82. The van der Waals surface area contributed by atoms with Crippen molar-refractivity contribution >= 4 is 5.69 Å². The van der Waals surface area contributed by atoms with E-state index in [0.29, 0.717) is 12.1 Å². The maximum absolute atomic E-state index is 13.6. The lowest BCUT2D eigenvalue weighted by molar-refractivity contribution is 0.301. The second-order valence-electron chi connectivity index (χ2n) is 4.04. The molecule has 0 radical (unpaired) electrons. The van der Waals surface area contributed by atoms with Crippen molar-refractivity contribution in [2.75, 3.05) is 24.6 Å². The second kappa shape index (κ2) is 7.25. The molecule has 0 saturated heterocycles. The minimum atomic E-state index is -0.274. The first kappa shape index (κ1) is 13.9. The van der Waals surface area contributed by atoms with E-state index in [-0.39, 0.29) is 19.0 Å². The van der Waals surface area contributed by atoms with Gasteiger partial charge in [0.05, 0.1) is 6.61 Å². The van der Waals surface area contributed by atoms with Crippen molar-refractivity contribution in [1.82, 2.24) is 0 Å². The number of hydrogen-bond acceptors (Lipinski definition) is 3. The zero-order valence-electron chi connectivity index (χ0n) is 10.3. The average Bonchev–Trinajstić information content (AvgIpc) is 2.34. The summed E-state index contributed by atoms with van der Waals surface area (Å²) in [5.41, 5.74) is 6.75. The number of unbranched alkanes of at least 4 members (excludes halogenated alkanes) is 1. The Bertz CT molecular complexity index is 344.